The third-order valence-electron chi connectivity index (χ3n) is 8.01. The van der Waals surface area contributed by atoms with Gasteiger partial charge < -0.3 is 18.9 Å². The van der Waals surface area contributed by atoms with Crippen LogP contribution in [0.25, 0.3) is 11.1 Å². The molecule has 0 bridgehead atoms. The van der Waals surface area contributed by atoms with Gasteiger partial charge in [0.1, 0.15) is 35.8 Å². The first kappa shape index (κ1) is 26.9. The quantitative estimate of drug-likeness (QED) is 0.230. The minimum absolute atomic E-state index is 0.0441. The van der Waals surface area contributed by atoms with Crippen LogP contribution in [0.3, 0.4) is 0 Å². The molecule has 0 radical (unpaired) electrons. The van der Waals surface area contributed by atoms with Gasteiger partial charge in [0, 0.05) is 41.9 Å². The van der Waals surface area contributed by atoms with Gasteiger partial charge in [0.25, 0.3) is 0 Å². The van der Waals surface area contributed by atoms with E-state index in [2.05, 4.69) is 18.9 Å². The van der Waals surface area contributed by atoms with E-state index in [1.165, 1.54) is 7.11 Å². The lowest BCUT2D eigenvalue weighted by molar-refractivity contribution is -0.141. The Balaban J connectivity index is 1.23. The Kier molecular flexibility index (Phi) is 7.15. The van der Waals surface area contributed by atoms with Crippen LogP contribution >= 0.6 is 0 Å². The van der Waals surface area contributed by atoms with Crippen molar-refractivity contribution in [3.05, 3.63) is 94.1 Å². The van der Waals surface area contributed by atoms with Gasteiger partial charge in [-0.1, -0.05) is 12.1 Å². The van der Waals surface area contributed by atoms with E-state index in [0.29, 0.717) is 43.1 Å². The first-order valence-electron chi connectivity index (χ1n) is 13.8. The number of methoxy groups -OCH3 is 1. The summed E-state index contributed by atoms with van der Waals surface area (Å²) in [6, 6.07) is 13.1. The third-order valence-corrected chi connectivity index (χ3v) is 8.01. The van der Waals surface area contributed by atoms with Crippen molar-refractivity contribution in [2.75, 3.05) is 13.7 Å². The van der Waals surface area contributed by atoms with E-state index < -0.39 is 6.10 Å². The standard InChI is InChI=1S/C33H33FN2O5/c1-19-11-24(39-17-21-15-35-36(3)16-21)12-20(2)32(19)26-7-9-28(34)33-27(26)8-10-29(33)41-23-5-6-25-22(13-31(37)38-4)18-40-30(25)14-23/h5-7,9,11-12,14-16,22,29H,8,10,13,17-18H2,1-4H3/t22-,29-/m1/s1. The molecular formula is C33H33FN2O5. The van der Waals surface area contributed by atoms with E-state index in [0.717, 1.165) is 44.7 Å². The lowest BCUT2D eigenvalue weighted by atomic mass is 9.90. The van der Waals surface area contributed by atoms with Crippen molar-refractivity contribution in [2.45, 2.75) is 51.7 Å². The molecule has 2 atom stereocenters. The molecule has 6 rings (SSSR count). The van der Waals surface area contributed by atoms with Crippen molar-refractivity contribution in [1.82, 2.24) is 9.78 Å². The Hall–Kier alpha value is -4.33. The Morgan fingerprint density at radius 2 is 1.93 bits per heavy atom. The highest BCUT2D eigenvalue weighted by Gasteiger charge is 2.32. The van der Waals surface area contributed by atoms with Gasteiger partial charge in [-0.05, 0) is 78.8 Å². The van der Waals surface area contributed by atoms with Gasteiger partial charge in [0.05, 0.1) is 26.3 Å². The highest BCUT2D eigenvalue weighted by molar-refractivity contribution is 5.76. The Morgan fingerprint density at radius 3 is 2.66 bits per heavy atom. The minimum Gasteiger partial charge on any atom is -0.492 e. The lowest BCUT2D eigenvalue weighted by Gasteiger charge is -2.19. The summed E-state index contributed by atoms with van der Waals surface area (Å²) in [5.74, 6) is 1.54. The Labute approximate surface area is 238 Å². The zero-order chi connectivity index (χ0) is 28.7. The molecule has 212 valence electrons. The maximum absolute atomic E-state index is 15.3. The van der Waals surface area contributed by atoms with Crippen molar-refractivity contribution in [3.63, 3.8) is 0 Å². The zero-order valence-electron chi connectivity index (χ0n) is 23.7. The molecule has 4 aromatic rings. The van der Waals surface area contributed by atoms with E-state index in [4.69, 9.17) is 18.9 Å². The fourth-order valence-electron chi connectivity index (χ4n) is 6.12. The number of ether oxygens (including phenoxy) is 4. The molecule has 0 N–H and O–H groups in total. The van der Waals surface area contributed by atoms with Crippen LogP contribution in [0.2, 0.25) is 0 Å². The number of carbonyl (C=O) groups excluding carboxylic acids is 1. The highest BCUT2D eigenvalue weighted by atomic mass is 19.1. The number of hydrogen-bond acceptors (Lipinski definition) is 6. The summed E-state index contributed by atoms with van der Waals surface area (Å²) in [6.45, 7) is 4.99. The van der Waals surface area contributed by atoms with E-state index in [-0.39, 0.29) is 24.1 Å². The first-order valence-corrected chi connectivity index (χ1v) is 13.8. The fourth-order valence-corrected chi connectivity index (χ4v) is 6.12. The van der Waals surface area contributed by atoms with Crippen molar-refractivity contribution >= 4 is 5.97 Å². The number of benzene rings is 3. The van der Waals surface area contributed by atoms with Gasteiger partial charge in [-0.25, -0.2) is 4.39 Å². The maximum atomic E-state index is 15.3. The van der Waals surface area contributed by atoms with Crippen LogP contribution in [0.1, 0.15) is 58.2 Å². The van der Waals surface area contributed by atoms with Crippen molar-refractivity contribution in [2.24, 2.45) is 7.05 Å². The predicted molar refractivity (Wildman–Crippen MR) is 152 cm³/mol. The number of hydrogen-bond donors (Lipinski definition) is 0. The summed E-state index contributed by atoms with van der Waals surface area (Å²) < 4.78 is 40.1. The molecule has 1 aliphatic heterocycles. The molecule has 0 amide bonds. The smallest absolute Gasteiger partial charge is 0.306 e. The highest BCUT2D eigenvalue weighted by Crippen LogP contribution is 2.45. The first-order chi connectivity index (χ1) is 19.8. The average molecular weight is 557 g/mol. The Morgan fingerprint density at radius 1 is 1.12 bits per heavy atom. The van der Waals surface area contributed by atoms with Crippen LogP contribution in [-0.2, 0) is 29.6 Å². The number of nitrogens with zero attached hydrogens (tertiary/aromatic N) is 2. The molecule has 3 aromatic carbocycles. The van der Waals surface area contributed by atoms with Gasteiger partial charge >= 0.3 is 5.97 Å². The fraction of sp³-hybridized carbons (Fsp3) is 0.333. The summed E-state index contributed by atoms with van der Waals surface area (Å²) in [5, 5.41) is 4.20. The number of rotatable bonds is 8. The number of fused-ring (bicyclic) bond motifs is 2. The molecule has 0 unspecified atom stereocenters. The van der Waals surface area contributed by atoms with Gasteiger partial charge in [-0.3, -0.25) is 9.48 Å². The molecule has 0 fully saturated rings. The second-order valence-corrected chi connectivity index (χ2v) is 10.9. The normalized spacial score (nSPS) is 17.1. The van der Waals surface area contributed by atoms with E-state index in [9.17, 15) is 4.79 Å². The van der Waals surface area contributed by atoms with Gasteiger partial charge in [0.2, 0.25) is 0 Å². The largest absolute Gasteiger partial charge is 0.492 e. The number of halogens is 1. The van der Waals surface area contributed by atoms with Gasteiger partial charge in [-0.15, -0.1) is 0 Å². The van der Waals surface area contributed by atoms with Crippen molar-refractivity contribution in [1.29, 1.82) is 0 Å². The minimum atomic E-state index is -0.405. The van der Waals surface area contributed by atoms with Gasteiger partial charge in [-0.2, -0.15) is 5.10 Å². The van der Waals surface area contributed by atoms with E-state index in [1.807, 2.05) is 49.6 Å². The molecule has 0 saturated carbocycles. The van der Waals surface area contributed by atoms with Crippen LogP contribution < -0.4 is 14.2 Å². The average Bonchev–Trinajstić information content (AvgIpc) is 3.67. The summed E-state index contributed by atoms with van der Waals surface area (Å²) in [4.78, 5) is 11.7. The molecular weight excluding hydrogens is 523 g/mol. The second-order valence-electron chi connectivity index (χ2n) is 10.9. The van der Waals surface area contributed by atoms with Crippen molar-refractivity contribution < 1.29 is 28.1 Å². The third kappa shape index (κ3) is 5.26. The number of esters is 1. The predicted octanol–water partition coefficient (Wildman–Crippen LogP) is 6.53. The van der Waals surface area contributed by atoms with E-state index >= 15 is 4.39 Å². The molecule has 2 heterocycles. The van der Waals surface area contributed by atoms with E-state index in [1.54, 1.807) is 16.9 Å². The molecule has 7 nitrogen and oxygen atoms in total. The summed E-state index contributed by atoms with van der Waals surface area (Å²) in [6.07, 6.45) is 4.99. The van der Waals surface area contributed by atoms with Crippen LogP contribution in [0, 0.1) is 19.7 Å². The monoisotopic (exact) mass is 556 g/mol. The number of carbonyl (C=O) groups is 1. The number of aryl methyl sites for hydroxylation is 3. The molecule has 0 spiro atoms. The summed E-state index contributed by atoms with van der Waals surface area (Å²) >= 11 is 0. The second kappa shape index (κ2) is 10.9. The molecule has 1 aliphatic carbocycles. The Bertz CT molecular complexity index is 1610. The summed E-state index contributed by atoms with van der Waals surface area (Å²) in [5.41, 5.74) is 7.83. The van der Waals surface area contributed by atoms with Crippen molar-refractivity contribution in [3.8, 4) is 28.4 Å². The van der Waals surface area contributed by atoms with Crippen LogP contribution in [0.4, 0.5) is 4.39 Å². The number of aromatic nitrogens is 2. The topological polar surface area (TPSA) is 71.8 Å². The van der Waals surface area contributed by atoms with Gasteiger partial charge in [0.15, 0.2) is 0 Å². The molecule has 1 aromatic heterocycles. The molecule has 8 heteroatoms. The zero-order valence-corrected chi connectivity index (χ0v) is 23.7. The van der Waals surface area contributed by atoms with Crippen LogP contribution in [-0.4, -0.2) is 29.5 Å². The molecule has 2 aliphatic rings. The summed E-state index contributed by atoms with van der Waals surface area (Å²) in [7, 11) is 3.27. The maximum Gasteiger partial charge on any atom is 0.306 e. The van der Waals surface area contributed by atoms with Crippen LogP contribution in [0.15, 0.2) is 54.9 Å². The van der Waals surface area contributed by atoms with Crippen LogP contribution in [0.5, 0.6) is 17.2 Å². The lowest BCUT2D eigenvalue weighted by Crippen LogP contribution is -2.09. The molecule has 41 heavy (non-hydrogen) atoms. The molecule has 0 saturated heterocycles. The SMILES string of the molecule is COC(=O)C[C@@H]1COc2cc(O[C@@H]3CCc4c(-c5c(C)cc(OCc6cnn(C)c6)cc5C)ccc(F)c43)ccc21.